The smallest absolute Gasteiger partial charge is 0.410 e. The third-order valence-corrected chi connectivity index (χ3v) is 2.48. The van der Waals surface area contributed by atoms with Gasteiger partial charge in [0, 0.05) is 6.04 Å². The van der Waals surface area contributed by atoms with E-state index in [2.05, 4.69) is 4.74 Å². The second-order valence-corrected chi connectivity index (χ2v) is 3.43. The van der Waals surface area contributed by atoms with Crippen molar-refractivity contribution in [2.45, 2.75) is 31.7 Å². The highest BCUT2D eigenvalue weighted by atomic mass is 16.5. The van der Waals surface area contributed by atoms with Crippen molar-refractivity contribution in [1.82, 2.24) is 4.90 Å². The maximum atomic E-state index is 11.3. The summed E-state index contributed by atoms with van der Waals surface area (Å²) in [5.41, 5.74) is 0. The number of methoxy groups -OCH3 is 1. The number of rotatable bonds is 3. The molecule has 5 nitrogen and oxygen atoms in total. The highest BCUT2D eigenvalue weighted by molar-refractivity contribution is 5.76. The van der Waals surface area contributed by atoms with Crippen LogP contribution in [0.3, 0.4) is 0 Å². The molecule has 14 heavy (non-hydrogen) atoms. The Hall–Kier alpha value is -1.26. The van der Waals surface area contributed by atoms with E-state index in [9.17, 15) is 9.59 Å². The molecule has 0 aliphatic heterocycles. The molecule has 0 heterocycles. The number of hydrogen-bond acceptors (Lipinski definition) is 3. The molecule has 1 aliphatic rings. The van der Waals surface area contributed by atoms with Crippen molar-refractivity contribution in [1.29, 1.82) is 0 Å². The van der Waals surface area contributed by atoms with Crippen LogP contribution in [0.4, 0.5) is 4.79 Å². The summed E-state index contributed by atoms with van der Waals surface area (Å²) >= 11 is 0. The number of carbonyl (C=O) groups excluding carboxylic acids is 1. The molecule has 0 spiro atoms. The number of nitrogens with zero attached hydrogens (tertiary/aromatic N) is 1. The summed E-state index contributed by atoms with van der Waals surface area (Å²) in [5.74, 6) is -0.998. The van der Waals surface area contributed by atoms with Crippen LogP contribution in [-0.4, -0.2) is 41.8 Å². The van der Waals surface area contributed by atoms with Gasteiger partial charge in [0.2, 0.25) is 0 Å². The Morgan fingerprint density at radius 3 is 2.43 bits per heavy atom. The minimum atomic E-state index is -0.998. The van der Waals surface area contributed by atoms with Gasteiger partial charge < -0.3 is 9.84 Å². The summed E-state index contributed by atoms with van der Waals surface area (Å²) in [6.07, 6.45) is 3.32. The zero-order valence-electron chi connectivity index (χ0n) is 8.23. The molecule has 1 N–H and O–H groups in total. The quantitative estimate of drug-likeness (QED) is 0.742. The number of amides is 1. The molecule has 1 rings (SSSR count). The summed E-state index contributed by atoms with van der Waals surface area (Å²) in [6, 6.07) is 0.0403. The average Bonchev–Trinajstić information content (AvgIpc) is 2.65. The molecule has 1 aliphatic carbocycles. The first-order chi connectivity index (χ1) is 6.65. The third kappa shape index (κ3) is 2.61. The number of carbonyl (C=O) groups is 2. The fraction of sp³-hybridized carbons (Fsp3) is 0.778. The van der Waals surface area contributed by atoms with Crippen LogP contribution in [0, 0.1) is 0 Å². The third-order valence-electron chi connectivity index (χ3n) is 2.48. The Labute approximate surface area is 82.6 Å². The number of carboxylic acids is 1. The predicted molar refractivity (Wildman–Crippen MR) is 49.0 cm³/mol. The van der Waals surface area contributed by atoms with Crippen LogP contribution in [-0.2, 0) is 9.53 Å². The highest BCUT2D eigenvalue weighted by Crippen LogP contribution is 2.23. The number of aliphatic carboxylic acids is 1. The molecule has 1 amide bonds. The van der Waals surface area contributed by atoms with Crippen LogP contribution >= 0.6 is 0 Å². The lowest BCUT2D eigenvalue weighted by Crippen LogP contribution is -2.42. The second-order valence-electron chi connectivity index (χ2n) is 3.43. The number of carboxylic acid groups (broad SMARTS) is 1. The van der Waals surface area contributed by atoms with Crippen LogP contribution < -0.4 is 0 Å². The van der Waals surface area contributed by atoms with Crippen molar-refractivity contribution >= 4 is 12.1 Å². The molecule has 0 aromatic heterocycles. The maximum Gasteiger partial charge on any atom is 0.410 e. The molecule has 1 fully saturated rings. The van der Waals surface area contributed by atoms with Gasteiger partial charge in [0.1, 0.15) is 6.54 Å². The second kappa shape index (κ2) is 4.83. The Bertz CT molecular complexity index is 223. The van der Waals surface area contributed by atoms with Gasteiger partial charge in [-0.2, -0.15) is 0 Å². The van der Waals surface area contributed by atoms with Crippen LogP contribution in [0.1, 0.15) is 25.7 Å². The molecule has 0 atom stereocenters. The Kier molecular flexibility index (Phi) is 3.73. The van der Waals surface area contributed by atoms with Gasteiger partial charge in [0.25, 0.3) is 0 Å². The standard InChI is InChI=1S/C9H15NO4/c1-14-9(13)10(6-8(11)12)7-4-2-3-5-7/h7H,2-6H2,1H3,(H,11,12). The monoisotopic (exact) mass is 201 g/mol. The summed E-state index contributed by atoms with van der Waals surface area (Å²) in [4.78, 5) is 23.1. The molecule has 0 saturated heterocycles. The van der Waals surface area contributed by atoms with Crippen LogP contribution in [0.15, 0.2) is 0 Å². The minimum Gasteiger partial charge on any atom is -0.480 e. The largest absolute Gasteiger partial charge is 0.480 e. The van der Waals surface area contributed by atoms with Crippen LogP contribution in [0.5, 0.6) is 0 Å². The van der Waals surface area contributed by atoms with Crippen molar-refractivity contribution in [3.05, 3.63) is 0 Å². The van der Waals surface area contributed by atoms with E-state index >= 15 is 0 Å². The van der Waals surface area contributed by atoms with E-state index in [4.69, 9.17) is 5.11 Å². The van der Waals surface area contributed by atoms with Gasteiger partial charge in [0.15, 0.2) is 0 Å². The van der Waals surface area contributed by atoms with Gasteiger partial charge in [-0.25, -0.2) is 4.79 Å². The minimum absolute atomic E-state index is 0.0403. The van der Waals surface area contributed by atoms with Gasteiger partial charge in [-0.05, 0) is 12.8 Å². The van der Waals surface area contributed by atoms with Gasteiger partial charge in [-0.3, -0.25) is 9.69 Å². The van der Waals surface area contributed by atoms with E-state index in [1.165, 1.54) is 12.0 Å². The van der Waals surface area contributed by atoms with E-state index in [0.29, 0.717) is 0 Å². The molecular formula is C9H15NO4. The van der Waals surface area contributed by atoms with E-state index in [-0.39, 0.29) is 12.6 Å². The lowest BCUT2D eigenvalue weighted by Gasteiger charge is -2.25. The fourth-order valence-electron chi connectivity index (χ4n) is 1.82. The molecular weight excluding hydrogens is 186 g/mol. The molecule has 5 heteroatoms. The van der Waals surface area contributed by atoms with E-state index in [1.54, 1.807) is 0 Å². The Morgan fingerprint density at radius 1 is 1.43 bits per heavy atom. The van der Waals surface area contributed by atoms with E-state index in [0.717, 1.165) is 25.7 Å². The summed E-state index contributed by atoms with van der Waals surface area (Å²) in [5, 5.41) is 8.64. The maximum absolute atomic E-state index is 11.3. The number of hydrogen-bond donors (Lipinski definition) is 1. The van der Waals surface area contributed by atoms with E-state index in [1.807, 2.05) is 0 Å². The number of ether oxygens (including phenoxy) is 1. The van der Waals surface area contributed by atoms with Crippen LogP contribution in [0.25, 0.3) is 0 Å². The zero-order valence-corrected chi connectivity index (χ0v) is 8.23. The topological polar surface area (TPSA) is 66.8 Å². The lowest BCUT2D eigenvalue weighted by atomic mass is 10.2. The Morgan fingerprint density at radius 2 is 2.00 bits per heavy atom. The first-order valence-corrected chi connectivity index (χ1v) is 4.71. The predicted octanol–water partition coefficient (Wildman–Crippen LogP) is 1.08. The molecule has 0 radical (unpaired) electrons. The van der Waals surface area contributed by atoms with Crippen molar-refractivity contribution in [2.24, 2.45) is 0 Å². The summed E-state index contributed by atoms with van der Waals surface area (Å²) in [6.45, 7) is -0.267. The Balaban J connectivity index is 2.59. The van der Waals surface area contributed by atoms with Crippen molar-refractivity contribution in [3.8, 4) is 0 Å². The van der Waals surface area contributed by atoms with Crippen LogP contribution in [0.2, 0.25) is 0 Å². The summed E-state index contributed by atoms with van der Waals surface area (Å²) in [7, 11) is 1.27. The first kappa shape index (κ1) is 10.8. The first-order valence-electron chi connectivity index (χ1n) is 4.71. The van der Waals surface area contributed by atoms with Gasteiger partial charge in [0.05, 0.1) is 7.11 Å². The highest BCUT2D eigenvalue weighted by Gasteiger charge is 2.28. The summed E-state index contributed by atoms with van der Waals surface area (Å²) < 4.78 is 4.55. The van der Waals surface area contributed by atoms with E-state index < -0.39 is 12.1 Å². The SMILES string of the molecule is COC(=O)N(CC(=O)O)C1CCCC1. The van der Waals surface area contributed by atoms with Crippen molar-refractivity contribution in [3.63, 3.8) is 0 Å². The molecule has 0 aromatic rings. The fourth-order valence-corrected chi connectivity index (χ4v) is 1.82. The molecule has 0 bridgehead atoms. The average molecular weight is 201 g/mol. The molecule has 0 unspecified atom stereocenters. The zero-order chi connectivity index (χ0) is 10.6. The molecule has 0 aromatic carbocycles. The lowest BCUT2D eigenvalue weighted by molar-refractivity contribution is -0.138. The molecule has 80 valence electrons. The van der Waals surface area contributed by atoms with Gasteiger partial charge in [-0.15, -0.1) is 0 Å². The normalized spacial score (nSPS) is 16.6. The van der Waals surface area contributed by atoms with Gasteiger partial charge in [-0.1, -0.05) is 12.8 Å². The van der Waals surface area contributed by atoms with Gasteiger partial charge >= 0.3 is 12.1 Å². The van der Waals surface area contributed by atoms with Crippen molar-refractivity contribution in [2.75, 3.05) is 13.7 Å². The molecule has 1 saturated carbocycles. The van der Waals surface area contributed by atoms with Crippen molar-refractivity contribution < 1.29 is 19.4 Å².